The summed E-state index contributed by atoms with van der Waals surface area (Å²) in [6.45, 7) is 8.58. The lowest BCUT2D eigenvalue weighted by atomic mass is 9.68. The number of fused-ring (bicyclic) bond motifs is 2. The molecule has 7 heteroatoms. The van der Waals surface area contributed by atoms with Gasteiger partial charge in [-0.05, 0) is 74.9 Å². The normalized spacial score (nSPS) is 19.9. The van der Waals surface area contributed by atoms with Gasteiger partial charge in [0.15, 0.2) is 0 Å². The number of amides is 2. The van der Waals surface area contributed by atoms with E-state index in [2.05, 4.69) is 34.1 Å². The van der Waals surface area contributed by atoms with Crippen molar-refractivity contribution < 1.29 is 14.3 Å². The number of piperidine rings is 2. The first-order valence-electron chi connectivity index (χ1n) is 13.1. The van der Waals surface area contributed by atoms with E-state index in [1.54, 1.807) is 0 Å². The van der Waals surface area contributed by atoms with Gasteiger partial charge in [0, 0.05) is 43.7 Å². The smallest absolute Gasteiger partial charge is 0.409 e. The Balaban J connectivity index is 0.00000304. The summed E-state index contributed by atoms with van der Waals surface area (Å²) in [5.41, 5.74) is 3.54. The molecule has 1 spiro atoms. The summed E-state index contributed by atoms with van der Waals surface area (Å²) in [6.07, 6.45) is 4.07. The molecule has 0 aromatic heterocycles. The van der Waals surface area contributed by atoms with Crippen molar-refractivity contribution in [1.82, 2.24) is 14.7 Å². The molecule has 3 aliphatic rings. The van der Waals surface area contributed by atoms with Crippen LogP contribution in [0.3, 0.4) is 0 Å². The summed E-state index contributed by atoms with van der Waals surface area (Å²) in [4.78, 5) is 31.9. The predicted molar refractivity (Wildman–Crippen MR) is 144 cm³/mol. The standard InChI is InChI=1S/C29H37N3O3.ClH/c1-2-35-28(34)31-16-12-23(13-17-31)20-30-18-14-29(15-19-30)22-32(21-25-10-6-7-11-26(25)29)27(33)24-8-4-3-5-9-24;/h3-11,23H,2,12-22H2,1H3;1H. The third-order valence-electron chi connectivity index (χ3n) is 8.22. The molecule has 0 atom stereocenters. The minimum Gasteiger partial charge on any atom is -0.450 e. The fourth-order valence-electron chi connectivity index (χ4n) is 6.26. The van der Waals surface area contributed by atoms with Crippen LogP contribution < -0.4 is 0 Å². The van der Waals surface area contributed by atoms with Crippen molar-refractivity contribution in [3.8, 4) is 0 Å². The number of ether oxygens (including phenoxy) is 1. The first-order valence-corrected chi connectivity index (χ1v) is 13.1. The molecule has 0 unspecified atom stereocenters. The van der Waals surface area contributed by atoms with Gasteiger partial charge in [-0.1, -0.05) is 42.5 Å². The monoisotopic (exact) mass is 511 g/mol. The molecule has 6 nitrogen and oxygen atoms in total. The van der Waals surface area contributed by atoms with E-state index in [1.165, 1.54) is 11.1 Å². The number of likely N-dealkylation sites (tertiary alicyclic amines) is 2. The van der Waals surface area contributed by atoms with Gasteiger partial charge >= 0.3 is 6.09 Å². The van der Waals surface area contributed by atoms with Gasteiger partial charge in [0.05, 0.1) is 6.61 Å². The number of benzene rings is 2. The van der Waals surface area contributed by atoms with Crippen molar-refractivity contribution in [3.63, 3.8) is 0 Å². The van der Waals surface area contributed by atoms with E-state index in [0.29, 0.717) is 19.1 Å². The van der Waals surface area contributed by atoms with E-state index in [1.807, 2.05) is 42.2 Å². The maximum absolute atomic E-state index is 13.4. The van der Waals surface area contributed by atoms with E-state index in [-0.39, 0.29) is 29.8 Å². The molecular formula is C29H38ClN3O3. The van der Waals surface area contributed by atoms with Crippen molar-refractivity contribution in [1.29, 1.82) is 0 Å². The molecule has 36 heavy (non-hydrogen) atoms. The third kappa shape index (κ3) is 5.55. The molecule has 3 heterocycles. The Bertz CT molecular complexity index is 1030. The number of rotatable bonds is 4. The van der Waals surface area contributed by atoms with Crippen molar-refractivity contribution >= 4 is 24.4 Å². The van der Waals surface area contributed by atoms with Crippen LogP contribution in [0.15, 0.2) is 54.6 Å². The second-order valence-corrected chi connectivity index (χ2v) is 10.4. The SMILES string of the molecule is CCOC(=O)N1CCC(CN2CCC3(CC2)CN(C(=O)c2ccccc2)Cc2ccccc23)CC1.Cl. The minimum atomic E-state index is -0.170. The van der Waals surface area contributed by atoms with Gasteiger partial charge in [-0.25, -0.2) is 4.79 Å². The highest BCUT2D eigenvalue weighted by molar-refractivity contribution is 5.94. The van der Waals surface area contributed by atoms with Gasteiger partial charge in [0.25, 0.3) is 5.91 Å². The van der Waals surface area contributed by atoms with Gasteiger partial charge in [0.1, 0.15) is 0 Å². The zero-order valence-corrected chi connectivity index (χ0v) is 22.0. The Kier molecular flexibility index (Phi) is 8.58. The Labute approximate surface area is 221 Å². The topological polar surface area (TPSA) is 53.1 Å². The van der Waals surface area contributed by atoms with Crippen LogP contribution in [0.5, 0.6) is 0 Å². The maximum Gasteiger partial charge on any atom is 0.409 e. The summed E-state index contributed by atoms with van der Waals surface area (Å²) in [6, 6.07) is 18.4. The van der Waals surface area contributed by atoms with Crippen molar-refractivity contribution in [3.05, 3.63) is 71.3 Å². The van der Waals surface area contributed by atoms with E-state index in [0.717, 1.165) is 70.5 Å². The average Bonchev–Trinajstić information content (AvgIpc) is 2.91. The summed E-state index contributed by atoms with van der Waals surface area (Å²) >= 11 is 0. The number of nitrogens with zero attached hydrogens (tertiary/aromatic N) is 3. The molecule has 0 aliphatic carbocycles. The van der Waals surface area contributed by atoms with Crippen LogP contribution in [0.25, 0.3) is 0 Å². The molecule has 2 amide bonds. The van der Waals surface area contributed by atoms with Crippen LogP contribution in [-0.4, -0.2) is 72.6 Å². The maximum atomic E-state index is 13.4. The zero-order valence-electron chi connectivity index (χ0n) is 21.2. The minimum absolute atomic E-state index is 0. The molecule has 0 N–H and O–H groups in total. The Morgan fingerprint density at radius 3 is 2.28 bits per heavy atom. The molecule has 2 saturated heterocycles. The molecule has 2 aromatic rings. The lowest BCUT2D eigenvalue weighted by Gasteiger charge is -2.49. The quantitative estimate of drug-likeness (QED) is 0.581. The first-order chi connectivity index (χ1) is 17.1. The van der Waals surface area contributed by atoms with E-state index >= 15 is 0 Å². The Morgan fingerprint density at radius 1 is 0.917 bits per heavy atom. The molecule has 2 aromatic carbocycles. The highest BCUT2D eigenvalue weighted by Gasteiger charge is 2.43. The molecule has 3 aliphatic heterocycles. The van der Waals surface area contributed by atoms with Gasteiger partial charge in [-0.15, -0.1) is 12.4 Å². The second-order valence-electron chi connectivity index (χ2n) is 10.4. The highest BCUT2D eigenvalue weighted by Crippen LogP contribution is 2.42. The van der Waals surface area contributed by atoms with Gasteiger partial charge in [0.2, 0.25) is 0 Å². The van der Waals surface area contributed by atoms with Crippen LogP contribution in [0.2, 0.25) is 0 Å². The summed E-state index contributed by atoms with van der Waals surface area (Å²) in [7, 11) is 0. The van der Waals surface area contributed by atoms with Crippen LogP contribution in [0.4, 0.5) is 4.79 Å². The van der Waals surface area contributed by atoms with Crippen LogP contribution in [0.1, 0.15) is 54.1 Å². The van der Waals surface area contributed by atoms with Crippen molar-refractivity contribution in [2.75, 3.05) is 45.9 Å². The summed E-state index contributed by atoms with van der Waals surface area (Å²) in [5, 5.41) is 0. The van der Waals surface area contributed by atoms with Crippen LogP contribution in [0, 0.1) is 5.92 Å². The number of carbonyl (C=O) groups excluding carboxylic acids is 2. The van der Waals surface area contributed by atoms with E-state index in [4.69, 9.17) is 4.74 Å². The average molecular weight is 512 g/mol. The largest absolute Gasteiger partial charge is 0.450 e. The van der Waals surface area contributed by atoms with Crippen molar-refractivity contribution in [2.24, 2.45) is 5.92 Å². The Hall–Kier alpha value is -2.57. The second kappa shape index (κ2) is 11.7. The molecule has 5 rings (SSSR count). The van der Waals surface area contributed by atoms with Gasteiger partial charge < -0.3 is 19.4 Å². The van der Waals surface area contributed by atoms with Gasteiger partial charge in [-0.2, -0.15) is 0 Å². The lowest BCUT2D eigenvalue weighted by Crippen LogP contribution is -2.54. The number of hydrogen-bond acceptors (Lipinski definition) is 4. The Morgan fingerprint density at radius 2 is 1.58 bits per heavy atom. The van der Waals surface area contributed by atoms with Crippen LogP contribution >= 0.6 is 12.4 Å². The number of carbonyl (C=O) groups is 2. The van der Waals surface area contributed by atoms with E-state index in [9.17, 15) is 9.59 Å². The van der Waals surface area contributed by atoms with E-state index < -0.39 is 0 Å². The lowest BCUT2D eigenvalue weighted by molar-refractivity contribution is 0.0534. The molecule has 2 fully saturated rings. The fourth-order valence-corrected chi connectivity index (χ4v) is 6.26. The molecule has 0 radical (unpaired) electrons. The van der Waals surface area contributed by atoms with Crippen LogP contribution in [-0.2, 0) is 16.7 Å². The first kappa shape index (κ1) is 26.5. The molecule has 0 bridgehead atoms. The highest BCUT2D eigenvalue weighted by atomic mass is 35.5. The number of hydrogen-bond donors (Lipinski definition) is 0. The predicted octanol–water partition coefficient (Wildman–Crippen LogP) is 4.97. The van der Waals surface area contributed by atoms with Gasteiger partial charge in [-0.3, -0.25) is 4.79 Å². The molecular weight excluding hydrogens is 474 g/mol. The third-order valence-corrected chi connectivity index (χ3v) is 8.22. The summed E-state index contributed by atoms with van der Waals surface area (Å²) in [5.74, 6) is 0.764. The number of halogens is 1. The molecule has 194 valence electrons. The summed E-state index contributed by atoms with van der Waals surface area (Å²) < 4.78 is 5.16. The fraction of sp³-hybridized carbons (Fsp3) is 0.517. The zero-order chi connectivity index (χ0) is 24.3. The molecule has 0 saturated carbocycles. The van der Waals surface area contributed by atoms with Crippen molar-refractivity contribution in [2.45, 2.75) is 44.6 Å².